The molecule has 0 rings (SSSR count). The number of hydrogen-bond donors (Lipinski definition) is 0. The number of carbonyl (C=O) groups excluding carboxylic acids is 3. The fourth-order valence-electron chi connectivity index (χ4n) is 1.74. The van der Waals surface area contributed by atoms with Crippen molar-refractivity contribution in [3.63, 3.8) is 0 Å². The quantitative estimate of drug-likeness (QED) is 0.277. The number of carbonyl (C=O) groups is 3. The molecule has 0 amide bonds. The number of ether oxygens (including phenoxy) is 5. The summed E-state index contributed by atoms with van der Waals surface area (Å²) in [7, 11) is 3.02. The minimum atomic E-state index is -1.01. The highest BCUT2D eigenvalue weighted by Crippen LogP contribution is 2.06. The van der Waals surface area contributed by atoms with Gasteiger partial charge in [0.15, 0.2) is 12.2 Å². The van der Waals surface area contributed by atoms with Crippen molar-refractivity contribution in [3.05, 3.63) is 0 Å². The topological polar surface area (TPSA) is 97.4 Å². The number of rotatable bonds is 13. The zero-order chi connectivity index (χ0) is 19.2. The summed E-state index contributed by atoms with van der Waals surface area (Å²) in [6, 6.07) is 0. The third-order valence-electron chi connectivity index (χ3n) is 3.33. The summed E-state index contributed by atoms with van der Waals surface area (Å²) in [5.74, 6) is -1.68. The summed E-state index contributed by atoms with van der Waals surface area (Å²) in [6.07, 6.45) is 0.283. The minimum Gasteiger partial charge on any atom is -0.460 e. The molecule has 25 heavy (non-hydrogen) atoms. The summed E-state index contributed by atoms with van der Waals surface area (Å²) in [6.45, 7) is 5.13. The van der Waals surface area contributed by atoms with Crippen molar-refractivity contribution in [2.24, 2.45) is 0 Å². The fraction of sp³-hybridized carbons (Fsp3) is 0.824. The zero-order valence-electron chi connectivity index (χ0n) is 15.7. The highest BCUT2D eigenvalue weighted by Gasteiger charge is 2.22. The molecule has 0 spiro atoms. The fourth-order valence-corrected chi connectivity index (χ4v) is 1.74. The molecule has 0 aliphatic carbocycles. The van der Waals surface area contributed by atoms with E-state index < -0.39 is 36.2 Å². The number of hydrogen-bond acceptors (Lipinski definition) is 8. The van der Waals surface area contributed by atoms with Gasteiger partial charge in [0, 0.05) is 27.2 Å². The molecule has 0 saturated heterocycles. The maximum Gasteiger partial charge on any atom is 0.347 e. The van der Waals surface area contributed by atoms with Crippen LogP contribution >= 0.6 is 0 Å². The first kappa shape index (κ1) is 23.3. The normalized spacial score (nSPS) is 14.3. The van der Waals surface area contributed by atoms with E-state index in [1.807, 2.05) is 0 Å². The molecule has 0 aromatic carbocycles. The Hall–Kier alpha value is -1.67. The van der Waals surface area contributed by atoms with Gasteiger partial charge >= 0.3 is 17.9 Å². The van der Waals surface area contributed by atoms with Gasteiger partial charge in [-0.25, -0.2) is 9.59 Å². The summed E-state index contributed by atoms with van der Waals surface area (Å²) in [4.78, 5) is 35.0. The molecule has 3 atom stereocenters. The molecule has 0 aromatic rings. The van der Waals surface area contributed by atoms with Crippen molar-refractivity contribution in [1.29, 1.82) is 0 Å². The standard InChI is InChI=1S/C17H30O8/c1-12(11-23-16(19)13(2)22-5)24-17(20)14(3)25-15(18)9-7-6-8-10-21-4/h12-14H,6-11H2,1-5H3. The molecular weight excluding hydrogens is 332 g/mol. The Balaban J connectivity index is 3.99. The van der Waals surface area contributed by atoms with Crippen LogP contribution in [-0.2, 0) is 38.1 Å². The van der Waals surface area contributed by atoms with Gasteiger partial charge in [-0.1, -0.05) is 6.42 Å². The lowest BCUT2D eigenvalue weighted by Gasteiger charge is -2.18. The molecule has 8 nitrogen and oxygen atoms in total. The van der Waals surface area contributed by atoms with Crippen LogP contribution in [0.15, 0.2) is 0 Å². The monoisotopic (exact) mass is 362 g/mol. The van der Waals surface area contributed by atoms with E-state index >= 15 is 0 Å². The van der Waals surface area contributed by atoms with E-state index in [0.717, 1.165) is 12.8 Å². The largest absolute Gasteiger partial charge is 0.460 e. The molecule has 0 fully saturated rings. The highest BCUT2D eigenvalue weighted by atomic mass is 16.6. The van der Waals surface area contributed by atoms with Gasteiger partial charge in [0.2, 0.25) is 0 Å². The first-order valence-corrected chi connectivity index (χ1v) is 8.40. The second kappa shape index (κ2) is 13.6. The second-order valence-corrected chi connectivity index (χ2v) is 5.69. The molecule has 0 heterocycles. The van der Waals surface area contributed by atoms with Crippen molar-refractivity contribution in [2.75, 3.05) is 27.4 Å². The second-order valence-electron chi connectivity index (χ2n) is 5.69. The Kier molecular flexibility index (Phi) is 12.7. The summed E-state index contributed by atoms with van der Waals surface area (Å²) in [5, 5.41) is 0. The van der Waals surface area contributed by atoms with Gasteiger partial charge in [-0.15, -0.1) is 0 Å². The Morgan fingerprint density at radius 2 is 1.52 bits per heavy atom. The van der Waals surface area contributed by atoms with Gasteiger partial charge in [0.05, 0.1) is 0 Å². The molecule has 0 radical (unpaired) electrons. The Morgan fingerprint density at radius 3 is 2.12 bits per heavy atom. The first-order valence-electron chi connectivity index (χ1n) is 8.40. The van der Waals surface area contributed by atoms with Crippen LogP contribution in [0.1, 0.15) is 46.5 Å². The Labute approximate surface area is 149 Å². The summed E-state index contributed by atoms with van der Waals surface area (Å²) >= 11 is 0. The van der Waals surface area contributed by atoms with Crippen LogP contribution < -0.4 is 0 Å². The zero-order valence-corrected chi connectivity index (χ0v) is 15.7. The molecule has 0 aromatic heterocycles. The van der Waals surface area contributed by atoms with Gasteiger partial charge < -0.3 is 23.7 Å². The number of esters is 3. The summed E-state index contributed by atoms with van der Waals surface area (Å²) < 4.78 is 24.8. The lowest BCUT2D eigenvalue weighted by molar-refractivity contribution is -0.174. The highest BCUT2D eigenvalue weighted by molar-refractivity contribution is 5.79. The van der Waals surface area contributed by atoms with Crippen LogP contribution in [0.5, 0.6) is 0 Å². The summed E-state index contributed by atoms with van der Waals surface area (Å²) in [5.41, 5.74) is 0. The van der Waals surface area contributed by atoms with Gasteiger partial charge in [0.25, 0.3) is 0 Å². The maximum absolute atomic E-state index is 11.9. The maximum atomic E-state index is 11.9. The van der Waals surface area contributed by atoms with E-state index in [9.17, 15) is 14.4 Å². The Bertz CT molecular complexity index is 409. The molecule has 0 aliphatic heterocycles. The smallest absolute Gasteiger partial charge is 0.347 e. The van der Waals surface area contributed by atoms with E-state index in [-0.39, 0.29) is 13.0 Å². The predicted molar refractivity (Wildman–Crippen MR) is 88.9 cm³/mol. The lowest BCUT2D eigenvalue weighted by atomic mass is 10.2. The molecule has 3 unspecified atom stereocenters. The van der Waals surface area contributed by atoms with Gasteiger partial charge in [0.1, 0.15) is 12.7 Å². The molecule has 0 saturated carbocycles. The van der Waals surface area contributed by atoms with Gasteiger partial charge in [-0.05, 0) is 33.6 Å². The first-order chi connectivity index (χ1) is 11.8. The van der Waals surface area contributed by atoms with Crippen LogP contribution in [0.4, 0.5) is 0 Å². The average molecular weight is 362 g/mol. The minimum absolute atomic E-state index is 0.0988. The van der Waals surface area contributed by atoms with Crippen LogP contribution in [0, 0.1) is 0 Å². The third kappa shape index (κ3) is 11.5. The third-order valence-corrected chi connectivity index (χ3v) is 3.33. The van der Waals surface area contributed by atoms with Crippen molar-refractivity contribution in [1.82, 2.24) is 0 Å². The molecule has 0 bridgehead atoms. The van der Waals surface area contributed by atoms with Crippen molar-refractivity contribution in [2.45, 2.75) is 64.8 Å². The van der Waals surface area contributed by atoms with E-state index in [1.165, 1.54) is 14.0 Å². The lowest BCUT2D eigenvalue weighted by Crippen LogP contribution is -2.32. The average Bonchev–Trinajstić information content (AvgIpc) is 2.58. The number of unbranched alkanes of at least 4 members (excludes halogenated alkanes) is 2. The molecule has 0 N–H and O–H groups in total. The molecule has 146 valence electrons. The predicted octanol–water partition coefficient (Wildman–Crippen LogP) is 1.63. The van der Waals surface area contributed by atoms with Crippen LogP contribution in [-0.4, -0.2) is 63.7 Å². The van der Waals surface area contributed by atoms with Crippen LogP contribution in [0.3, 0.4) is 0 Å². The van der Waals surface area contributed by atoms with Crippen molar-refractivity contribution >= 4 is 17.9 Å². The van der Waals surface area contributed by atoms with Crippen molar-refractivity contribution in [3.8, 4) is 0 Å². The van der Waals surface area contributed by atoms with E-state index in [0.29, 0.717) is 13.0 Å². The molecular formula is C17H30O8. The van der Waals surface area contributed by atoms with E-state index in [4.69, 9.17) is 23.7 Å². The van der Waals surface area contributed by atoms with Gasteiger partial charge in [-0.3, -0.25) is 4.79 Å². The van der Waals surface area contributed by atoms with Crippen molar-refractivity contribution < 1.29 is 38.1 Å². The molecule has 8 heteroatoms. The van der Waals surface area contributed by atoms with E-state index in [2.05, 4.69) is 0 Å². The SMILES string of the molecule is COCCCCCC(=O)OC(C)C(=O)OC(C)COC(=O)C(C)OC. The molecule has 0 aliphatic rings. The Morgan fingerprint density at radius 1 is 0.840 bits per heavy atom. The van der Waals surface area contributed by atoms with Crippen LogP contribution in [0.25, 0.3) is 0 Å². The number of methoxy groups -OCH3 is 2. The van der Waals surface area contributed by atoms with Gasteiger partial charge in [-0.2, -0.15) is 0 Å². The van der Waals surface area contributed by atoms with Crippen LogP contribution in [0.2, 0.25) is 0 Å². The van der Waals surface area contributed by atoms with E-state index in [1.54, 1.807) is 21.0 Å².